The predicted octanol–water partition coefficient (Wildman–Crippen LogP) is 1.34. The maximum Gasteiger partial charge on any atom is 0.268 e. The number of rotatable bonds is 8. The number of alkyl halides is 1. The summed E-state index contributed by atoms with van der Waals surface area (Å²) in [4.78, 5) is 13.8. The molecule has 1 aromatic rings. The van der Waals surface area contributed by atoms with E-state index in [4.69, 9.17) is 16.3 Å². The number of methoxy groups -OCH3 is 1. The fraction of sp³-hybridized carbons (Fsp3) is 0.667. The van der Waals surface area contributed by atoms with Crippen molar-refractivity contribution < 1.29 is 4.74 Å². The molecule has 0 spiro atoms. The minimum absolute atomic E-state index is 0.0775. The number of hydrogen-bond donors (Lipinski definition) is 0. The second-order valence-electron chi connectivity index (χ2n) is 4.09. The largest absolute Gasteiger partial charge is 0.383 e. The molecule has 0 saturated carbocycles. The van der Waals surface area contributed by atoms with Crippen molar-refractivity contribution >= 4 is 17.3 Å². The molecule has 102 valence electrons. The van der Waals surface area contributed by atoms with Crippen molar-refractivity contribution in [1.29, 1.82) is 0 Å². The molecule has 0 aliphatic rings. The van der Waals surface area contributed by atoms with Crippen molar-refractivity contribution in [2.75, 3.05) is 38.1 Å². The highest BCUT2D eigenvalue weighted by atomic mass is 35.5. The molecule has 0 aliphatic carbocycles. The van der Waals surface area contributed by atoms with E-state index in [-0.39, 0.29) is 5.56 Å². The van der Waals surface area contributed by atoms with Gasteiger partial charge in [0, 0.05) is 39.2 Å². The standard InChI is InChI=1S/C12H20ClN3O2/c1-15(7-8-18-2)11-9-12(17)16(14-10-11)6-4-3-5-13/h9-10H,3-8H2,1-2H3. The average Bonchev–Trinajstić information content (AvgIpc) is 2.38. The summed E-state index contributed by atoms with van der Waals surface area (Å²) in [6.45, 7) is 1.97. The lowest BCUT2D eigenvalue weighted by molar-refractivity contribution is 0.206. The zero-order chi connectivity index (χ0) is 13.4. The Hall–Kier alpha value is -1.07. The van der Waals surface area contributed by atoms with Crippen LogP contribution in [0.1, 0.15) is 12.8 Å². The maximum atomic E-state index is 11.8. The molecular weight excluding hydrogens is 254 g/mol. The van der Waals surface area contributed by atoms with Gasteiger partial charge in [-0.3, -0.25) is 4.79 Å². The Morgan fingerprint density at radius 1 is 1.50 bits per heavy atom. The van der Waals surface area contributed by atoms with Crippen molar-refractivity contribution in [2.24, 2.45) is 0 Å². The second-order valence-corrected chi connectivity index (χ2v) is 4.46. The number of nitrogens with zero attached hydrogens (tertiary/aromatic N) is 3. The average molecular weight is 274 g/mol. The van der Waals surface area contributed by atoms with Crippen LogP contribution >= 0.6 is 11.6 Å². The van der Waals surface area contributed by atoms with Crippen molar-refractivity contribution in [3.63, 3.8) is 0 Å². The molecule has 0 unspecified atom stereocenters. The molecule has 1 heterocycles. The fourth-order valence-corrected chi connectivity index (χ4v) is 1.70. The highest BCUT2D eigenvalue weighted by Crippen LogP contribution is 2.06. The molecule has 6 heteroatoms. The molecule has 0 aromatic carbocycles. The molecule has 18 heavy (non-hydrogen) atoms. The van der Waals surface area contributed by atoms with E-state index in [1.54, 1.807) is 19.4 Å². The lowest BCUT2D eigenvalue weighted by Crippen LogP contribution is -2.27. The summed E-state index contributed by atoms with van der Waals surface area (Å²) < 4.78 is 6.47. The number of aryl methyl sites for hydroxylation is 1. The first-order valence-electron chi connectivity index (χ1n) is 6.02. The summed E-state index contributed by atoms with van der Waals surface area (Å²) in [6, 6.07) is 1.60. The molecule has 0 atom stereocenters. The summed E-state index contributed by atoms with van der Waals surface area (Å²) in [6.07, 6.45) is 3.47. The van der Waals surface area contributed by atoms with E-state index in [0.29, 0.717) is 19.0 Å². The third-order valence-corrected chi connectivity index (χ3v) is 2.95. The van der Waals surface area contributed by atoms with Crippen LogP contribution in [0.25, 0.3) is 0 Å². The zero-order valence-corrected chi connectivity index (χ0v) is 11.7. The molecule has 0 amide bonds. The molecule has 0 N–H and O–H groups in total. The van der Waals surface area contributed by atoms with E-state index in [2.05, 4.69) is 5.10 Å². The molecule has 0 aliphatic heterocycles. The molecular formula is C12H20ClN3O2. The first-order chi connectivity index (χ1) is 8.69. The molecule has 1 aromatic heterocycles. The number of halogens is 1. The van der Waals surface area contributed by atoms with Gasteiger partial charge in [-0.15, -0.1) is 11.6 Å². The predicted molar refractivity (Wildman–Crippen MR) is 73.6 cm³/mol. The summed E-state index contributed by atoms with van der Waals surface area (Å²) >= 11 is 5.60. The second kappa shape index (κ2) is 8.11. The quantitative estimate of drug-likeness (QED) is 0.530. The van der Waals surface area contributed by atoms with Crippen LogP contribution in [0.15, 0.2) is 17.1 Å². The van der Waals surface area contributed by atoms with Gasteiger partial charge in [-0.25, -0.2) is 4.68 Å². The van der Waals surface area contributed by atoms with E-state index >= 15 is 0 Å². The Bertz CT molecular complexity index is 409. The van der Waals surface area contributed by atoms with E-state index in [0.717, 1.165) is 25.1 Å². The van der Waals surface area contributed by atoms with Crippen LogP contribution in [0.5, 0.6) is 0 Å². The third kappa shape index (κ3) is 4.66. The smallest absolute Gasteiger partial charge is 0.268 e. The minimum atomic E-state index is -0.0775. The number of likely N-dealkylation sites (N-methyl/N-ethyl adjacent to an activating group) is 1. The van der Waals surface area contributed by atoms with Gasteiger partial charge >= 0.3 is 0 Å². The first kappa shape index (κ1) is 15.0. The van der Waals surface area contributed by atoms with Crippen LogP contribution in [0.3, 0.4) is 0 Å². The highest BCUT2D eigenvalue weighted by Gasteiger charge is 2.04. The lowest BCUT2D eigenvalue weighted by atomic mass is 10.3. The van der Waals surface area contributed by atoms with Crippen LogP contribution in [0, 0.1) is 0 Å². The van der Waals surface area contributed by atoms with Crippen molar-refractivity contribution in [2.45, 2.75) is 19.4 Å². The Labute approximate surface area is 112 Å². The number of anilines is 1. The van der Waals surface area contributed by atoms with E-state index in [1.807, 2.05) is 11.9 Å². The van der Waals surface area contributed by atoms with Crippen LogP contribution in [-0.2, 0) is 11.3 Å². The van der Waals surface area contributed by atoms with Gasteiger partial charge in [-0.2, -0.15) is 5.10 Å². The SMILES string of the molecule is COCCN(C)c1cnn(CCCCCl)c(=O)c1. The van der Waals surface area contributed by atoms with Gasteiger partial charge in [0.25, 0.3) is 5.56 Å². The summed E-state index contributed by atoms with van der Waals surface area (Å²) in [5.74, 6) is 0.618. The normalized spacial score (nSPS) is 10.6. The summed E-state index contributed by atoms with van der Waals surface area (Å²) in [5, 5.41) is 4.16. The van der Waals surface area contributed by atoms with Crippen molar-refractivity contribution in [1.82, 2.24) is 9.78 Å². The number of hydrogen-bond acceptors (Lipinski definition) is 4. The molecule has 0 radical (unpaired) electrons. The number of aromatic nitrogens is 2. The Morgan fingerprint density at radius 2 is 2.28 bits per heavy atom. The monoisotopic (exact) mass is 273 g/mol. The van der Waals surface area contributed by atoms with Crippen molar-refractivity contribution in [3.8, 4) is 0 Å². The first-order valence-corrected chi connectivity index (χ1v) is 6.55. The van der Waals surface area contributed by atoms with Gasteiger partial charge in [-0.1, -0.05) is 0 Å². The molecule has 0 bridgehead atoms. The van der Waals surface area contributed by atoms with Gasteiger partial charge in [0.15, 0.2) is 0 Å². The van der Waals surface area contributed by atoms with Gasteiger partial charge in [0.1, 0.15) is 0 Å². The minimum Gasteiger partial charge on any atom is -0.383 e. The molecule has 0 fully saturated rings. The highest BCUT2D eigenvalue weighted by molar-refractivity contribution is 6.17. The van der Waals surface area contributed by atoms with Gasteiger partial charge in [0.2, 0.25) is 0 Å². The maximum absolute atomic E-state index is 11.8. The van der Waals surface area contributed by atoms with E-state index < -0.39 is 0 Å². The third-order valence-electron chi connectivity index (χ3n) is 2.68. The van der Waals surface area contributed by atoms with Crippen LogP contribution in [-0.4, -0.2) is 43.0 Å². The van der Waals surface area contributed by atoms with E-state index in [9.17, 15) is 4.79 Å². The molecule has 0 saturated heterocycles. The summed E-state index contributed by atoms with van der Waals surface area (Å²) in [5.41, 5.74) is 0.733. The summed E-state index contributed by atoms with van der Waals surface area (Å²) in [7, 11) is 3.56. The van der Waals surface area contributed by atoms with Gasteiger partial charge in [0.05, 0.1) is 18.5 Å². The van der Waals surface area contributed by atoms with Crippen LogP contribution in [0.4, 0.5) is 5.69 Å². The Kier molecular flexibility index (Phi) is 6.75. The van der Waals surface area contributed by atoms with E-state index in [1.165, 1.54) is 4.68 Å². The topological polar surface area (TPSA) is 47.4 Å². The Morgan fingerprint density at radius 3 is 2.89 bits per heavy atom. The lowest BCUT2D eigenvalue weighted by Gasteiger charge is -2.18. The van der Waals surface area contributed by atoms with Crippen molar-refractivity contribution in [3.05, 3.63) is 22.6 Å². The zero-order valence-electron chi connectivity index (χ0n) is 10.9. The van der Waals surface area contributed by atoms with Crippen LogP contribution in [0.2, 0.25) is 0 Å². The van der Waals surface area contributed by atoms with Gasteiger partial charge < -0.3 is 9.64 Å². The van der Waals surface area contributed by atoms with Gasteiger partial charge in [-0.05, 0) is 12.8 Å². The number of unbranched alkanes of at least 4 members (excludes halogenated alkanes) is 1. The Balaban J connectivity index is 2.64. The molecule has 1 rings (SSSR count). The molecule has 5 nitrogen and oxygen atoms in total. The number of ether oxygens (including phenoxy) is 1. The fourth-order valence-electron chi connectivity index (χ4n) is 1.51. The van der Waals surface area contributed by atoms with Crippen LogP contribution < -0.4 is 10.5 Å².